The lowest BCUT2D eigenvalue weighted by Crippen LogP contribution is -2.30. The highest BCUT2D eigenvalue weighted by Crippen LogP contribution is 2.34. The molecule has 25 heavy (non-hydrogen) atoms. The standard InChI is InChI=1S/C17H12FN2O5/c1-9(21)8-12-13(20(24)25)6-7-14(15(12)18)19-16(22)10-4-2-3-5-11(10)17(19)23/h2-7H,8H2,1H3,(H,24,25)/q+1. The van der Waals surface area contributed by atoms with Crippen LogP contribution in [-0.2, 0) is 11.2 Å². The summed E-state index contributed by atoms with van der Waals surface area (Å²) in [7, 11) is 0. The third kappa shape index (κ3) is 2.57. The van der Waals surface area contributed by atoms with E-state index in [-0.39, 0.29) is 22.4 Å². The molecule has 0 unspecified atom stereocenters. The van der Waals surface area contributed by atoms with Crippen LogP contribution >= 0.6 is 0 Å². The fraction of sp³-hybridized carbons (Fsp3) is 0.118. The van der Waals surface area contributed by atoms with Crippen molar-refractivity contribution in [3.63, 3.8) is 0 Å². The molecule has 2 amide bonds. The number of imide groups is 1. The number of ketones is 1. The quantitative estimate of drug-likeness (QED) is 0.680. The van der Waals surface area contributed by atoms with Gasteiger partial charge in [-0.1, -0.05) is 12.1 Å². The van der Waals surface area contributed by atoms with Crippen molar-refractivity contribution >= 4 is 29.0 Å². The minimum atomic E-state index is -1.09. The van der Waals surface area contributed by atoms with Gasteiger partial charge in [-0.25, -0.2) is 14.5 Å². The van der Waals surface area contributed by atoms with Crippen molar-refractivity contribution in [2.45, 2.75) is 13.3 Å². The summed E-state index contributed by atoms with van der Waals surface area (Å²) >= 11 is 0. The number of nitrogens with zero attached hydrogens (tertiary/aromatic N) is 2. The van der Waals surface area contributed by atoms with Gasteiger partial charge in [0.05, 0.1) is 27.3 Å². The summed E-state index contributed by atoms with van der Waals surface area (Å²) in [6.45, 7) is 1.18. The minimum Gasteiger partial charge on any atom is -0.300 e. The average Bonchev–Trinajstić information content (AvgIpc) is 2.81. The van der Waals surface area contributed by atoms with E-state index in [4.69, 9.17) is 5.21 Å². The number of rotatable bonds is 4. The highest BCUT2D eigenvalue weighted by Gasteiger charge is 2.39. The van der Waals surface area contributed by atoms with E-state index in [9.17, 15) is 23.7 Å². The van der Waals surface area contributed by atoms with Gasteiger partial charge in [0.2, 0.25) is 0 Å². The van der Waals surface area contributed by atoms with Crippen LogP contribution in [0.3, 0.4) is 0 Å². The maximum Gasteiger partial charge on any atom is 0.323 e. The maximum atomic E-state index is 14.9. The van der Waals surface area contributed by atoms with E-state index in [0.29, 0.717) is 4.90 Å². The van der Waals surface area contributed by atoms with E-state index < -0.39 is 40.4 Å². The Morgan fingerprint density at radius 2 is 1.68 bits per heavy atom. The number of benzene rings is 2. The summed E-state index contributed by atoms with van der Waals surface area (Å²) < 4.78 is 14.9. The van der Waals surface area contributed by atoms with Crippen LogP contribution in [0.1, 0.15) is 33.2 Å². The molecule has 1 heterocycles. The Hall–Kier alpha value is -3.42. The molecule has 3 rings (SSSR count). The van der Waals surface area contributed by atoms with Crippen LogP contribution in [0, 0.1) is 10.7 Å². The van der Waals surface area contributed by atoms with Gasteiger partial charge in [0.1, 0.15) is 5.78 Å². The first-order chi connectivity index (χ1) is 11.8. The van der Waals surface area contributed by atoms with E-state index in [1.807, 2.05) is 0 Å². The fourth-order valence-corrected chi connectivity index (χ4v) is 2.78. The number of carbonyl (C=O) groups is 3. The molecule has 1 aliphatic heterocycles. The second-order valence-corrected chi connectivity index (χ2v) is 5.54. The smallest absolute Gasteiger partial charge is 0.300 e. The number of carbonyl (C=O) groups excluding carboxylic acids is 3. The van der Waals surface area contributed by atoms with Crippen LogP contribution in [0.5, 0.6) is 0 Å². The molecule has 1 aliphatic rings. The van der Waals surface area contributed by atoms with Crippen LogP contribution in [-0.4, -0.2) is 27.7 Å². The Bertz CT molecular complexity index is 919. The van der Waals surface area contributed by atoms with Gasteiger partial charge >= 0.3 is 5.69 Å². The second kappa shape index (κ2) is 5.90. The molecule has 0 bridgehead atoms. The molecule has 8 heteroatoms. The Morgan fingerprint density at radius 1 is 1.12 bits per heavy atom. The van der Waals surface area contributed by atoms with E-state index in [2.05, 4.69) is 0 Å². The Balaban J connectivity index is 2.16. The zero-order valence-corrected chi connectivity index (χ0v) is 13.0. The summed E-state index contributed by atoms with van der Waals surface area (Å²) in [6, 6.07) is 8.14. The van der Waals surface area contributed by atoms with Crippen LogP contribution in [0.15, 0.2) is 36.4 Å². The first-order valence-electron chi connectivity index (χ1n) is 7.27. The molecular formula is C17H12FN2O5+. The van der Waals surface area contributed by atoms with Crippen LogP contribution in [0.2, 0.25) is 0 Å². The molecule has 0 spiro atoms. The lowest BCUT2D eigenvalue weighted by molar-refractivity contribution is -0.730. The van der Waals surface area contributed by atoms with Gasteiger partial charge in [-0.15, -0.1) is 0 Å². The number of hydrogen-bond acceptors (Lipinski definition) is 4. The molecule has 0 saturated heterocycles. The summed E-state index contributed by atoms with van der Waals surface area (Å²) in [6.07, 6.45) is -0.475. The van der Waals surface area contributed by atoms with Crippen molar-refractivity contribution in [3.8, 4) is 0 Å². The van der Waals surface area contributed by atoms with E-state index in [1.54, 1.807) is 12.1 Å². The van der Waals surface area contributed by atoms with Crippen LogP contribution in [0.25, 0.3) is 0 Å². The molecule has 0 aromatic heterocycles. The molecule has 2 aromatic rings. The molecule has 1 N–H and O–H groups in total. The van der Waals surface area contributed by atoms with Crippen molar-refractivity contribution in [1.82, 2.24) is 0 Å². The Morgan fingerprint density at radius 3 is 2.16 bits per heavy atom. The van der Waals surface area contributed by atoms with E-state index in [1.165, 1.54) is 19.1 Å². The number of fused-ring (bicyclic) bond motifs is 1. The second-order valence-electron chi connectivity index (χ2n) is 5.54. The highest BCUT2D eigenvalue weighted by molar-refractivity contribution is 6.34. The number of Topliss-reactive ketones (excluding diaryl/α,β-unsaturated/α-hetero) is 1. The summed E-state index contributed by atoms with van der Waals surface area (Å²) in [5.74, 6) is -2.95. The maximum absolute atomic E-state index is 14.9. The van der Waals surface area contributed by atoms with Gasteiger partial charge in [0.15, 0.2) is 5.82 Å². The van der Waals surface area contributed by atoms with Gasteiger partial charge < -0.3 is 0 Å². The number of amides is 2. The van der Waals surface area contributed by atoms with Gasteiger partial charge in [-0.05, 0) is 25.1 Å². The van der Waals surface area contributed by atoms with Crippen molar-refractivity contribution in [2.75, 3.05) is 4.90 Å². The molecule has 0 fully saturated rings. The van der Waals surface area contributed by atoms with Gasteiger partial charge in [0, 0.05) is 12.5 Å². The van der Waals surface area contributed by atoms with E-state index >= 15 is 0 Å². The third-order valence-corrected chi connectivity index (χ3v) is 3.86. The SMILES string of the molecule is CC(=O)Cc1c([N+](=O)O)ccc(N2C(=O)c3ccccc3C2=O)c1F. The van der Waals surface area contributed by atoms with Crippen LogP contribution < -0.4 is 4.90 Å². The zero-order valence-electron chi connectivity index (χ0n) is 13.0. The topological polar surface area (TPSA) is 94.8 Å². The molecular weight excluding hydrogens is 331 g/mol. The molecule has 0 aliphatic carbocycles. The van der Waals surface area contributed by atoms with E-state index in [0.717, 1.165) is 12.1 Å². The van der Waals surface area contributed by atoms with Crippen molar-refractivity contribution in [2.24, 2.45) is 0 Å². The van der Waals surface area contributed by atoms with Crippen LogP contribution in [0.4, 0.5) is 15.8 Å². The summed E-state index contributed by atoms with van der Waals surface area (Å²) in [5.41, 5.74) is -0.964. The fourth-order valence-electron chi connectivity index (χ4n) is 2.78. The molecule has 7 nitrogen and oxygen atoms in total. The van der Waals surface area contributed by atoms with Gasteiger partial charge in [-0.3, -0.25) is 14.4 Å². The predicted octanol–water partition coefficient (Wildman–Crippen LogP) is 2.56. The van der Waals surface area contributed by atoms with Gasteiger partial charge in [-0.2, -0.15) is 0 Å². The normalized spacial score (nSPS) is 13.1. The number of hydrogen-bond donors (Lipinski definition) is 1. The lowest BCUT2D eigenvalue weighted by Gasteiger charge is -2.16. The van der Waals surface area contributed by atoms with Crippen molar-refractivity contribution < 1.29 is 28.9 Å². The first-order valence-corrected chi connectivity index (χ1v) is 7.27. The average molecular weight is 343 g/mol. The molecule has 0 atom stereocenters. The zero-order chi connectivity index (χ0) is 18.3. The number of halogens is 1. The largest absolute Gasteiger partial charge is 0.323 e. The molecule has 2 aromatic carbocycles. The molecule has 0 saturated carbocycles. The number of anilines is 1. The summed E-state index contributed by atoms with van der Waals surface area (Å²) in [5, 5.41) is 9.10. The molecule has 126 valence electrons. The van der Waals surface area contributed by atoms with Crippen molar-refractivity contribution in [1.29, 1.82) is 0 Å². The Labute approximate surface area is 140 Å². The molecule has 0 radical (unpaired) electrons. The predicted molar refractivity (Wildman–Crippen MR) is 83.4 cm³/mol. The monoisotopic (exact) mass is 343 g/mol. The van der Waals surface area contributed by atoms with Gasteiger partial charge in [0.25, 0.3) is 16.7 Å². The Kier molecular flexibility index (Phi) is 3.88. The van der Waals surface area contributed by atoms with Crippen molar-refractivity contribution in [3.05, 3.63) is 63.8 Å². The lowest BCUT2D eigenvalue weighted by atomic mass is 10.0. The summed E-state index contributed by atoms with van der Waals surface area (Å²) in [4.78, 5) is 47.6. The minimum absolute atomic E-state index is 0.136. The first kappa shape index (κ1) is 16.4. The third-order valence-electron chi connectivity index (χ3n) is 3.86. The highest BCUT2D eigenvalue weighted by atomic mass is 19.1.